The number of carboxylic acid groups (broad SMARTS) is 3. The number of benzene rings is 1. The number of hydrogen-bond acceptors (Lipinski definition) is 5. The Bertz CT molecular complexity index is 697. The fourth-order valence-electron chi connectivity index (χ4n) is 2.37. The smallest absolute Gasteiger partial charge is 0.338 e. The molecule has 0 heterocycles. The Morgan fingerprint density at radius 2 is 1.09 bits per heavy atom. The summed E-state index contributed by atoms with van der Waals surface area (Å²) < 4.78 is 5.11. The average Bonchev–Trinajstić information content (AvgIpc) is 2.75. The molecule has 0 fully saturated rings. The Kier molecular flexibility index (Phi) is 17.9. The third-order valence-electron chi connectivity index (χ3n) is 4.04. The molecule has 1 rings (SSSR count). The summed E-state index contributed by atoms with van der Waals surface area (Å²) in [6.45, 7) is 12.2. The lowest BCUT2D eigenvalue weighted by Gasteiger charge is -2.17. The quantitative estimate of drug-likeness (QED) is 0.203. The van der Waals surface area contributed by atoms with Gasteiger partial charge in [-0.3, -0.25) is 9.59 Å². The molecule has 0 atom stereocenters. The van der Waals surface area contributed by atoms with Gasteiger partial charge < -0.3 is 20.1 Å². The summed E-state index contributed by atoms with van der Waals surface area (Å²) in [5.74, 6) is -2.93. The lowest BCUT2D eigenvalue weighted by Crippen LogP contribution is -2.18. The monoisotopic (exact) mass is 466 g/mol. The Hall–Kier alpha value is -3.16. The van der Waals surface area contributed by atoms with Crippen molar-refractivity contribution >= 4 is 23.9 Å². The van der Waals surface area contributed by atoms with E-state index in [2.05, 4.69) is 13.2 Å². The molecule has 8 nitrogen and oxygen atoms in total. The largest absolute Gasteiger partial charge is 0.481 e. The summed E-state index contributed by atoms with van der Waals surface area (Å²) in [6.07, 6.45) is 5.82. The van der Waals surface area contributed by atoms with E-state index in [1.807, 2.05) is 20.8 Å². The van der Waals surface area contributed by atoms with Crippen LogP contribution in [0.1, 0.15) is 92.9 Å². The van der Waals surface area contributed by atoms with Crippen LogP contribution in [0.25, 0.3) is 0 Å². The van der Waals surface area contributed by atoms with Gasteiger partial charge in [-0.25, -0.2) is 9.59 Å². The minimum Gasteiger partial charge on any atom is -0.481 e. The highest BCUT2D eigenvalue weighted by Gasteiger charge is 2.15. The van der Waals surface area contributed by atoms with Crippen LogP contribution in [0.3, 0.4) is 0 Å². The Balaban J connectivity index is 0. The molecule has 0 unspecified atom stereocenters. The first kappa shape index (κ1) is 32.0. The van der Waals surface area contributed by atoms with E-state index in [4.69, 9.17) is 20.1 Å². The van der Waals surface area contributed by atoms with Gasteiger partial charge in [-0.15, -0.1) is 13.2 Å². The van der Waals surface area contributed by atoms with Gasteiger partial charge in [0.1, 0.15) is 0 Å². The maximum atomic E-state index is 11.6. The highest BCUT2D eigenvalue weighted by molar-refractivity contribution is 5.92. The summed E-state index contributed by atoms with van der Waals surface area (Å²) in [5, 5.41) is 25.4. The zero-order chi connectivity index (χ0) is 25.9. The van der Waals surface area contributed by atoms with Crippen LogP contribution in [0.4, 0.5) is 0 Å². The zero-order valence-corrected chi connectivity index (χ0v) is 20.0. The second-order valence-corrected chi connectivity index (χ2v) is 8.43. The highest BCUT2D eigenvalue weighted by atomic mass is 16.5. The minimum atomic E-state index is -1.01. The van der Waals surface area contributed by atoms with Gasteiger partial charge >= 0.3 is 23.9 Å². The summed E-state index contributed by atoms with van der Waals surface area (Å²) in [4.78, 5) is 42.5. The number of aliphatic carboxylic acids is 2. The molecule has 0 aliphatic rings. The maximum Gasteiger partial charge on any atom is 0.338 e. The number of carboxylic acids is 3. The van der Waals surface area contributed by atoms with Crippen molar-refractivity contribution in [2.75, 3.05) is 6.61 Å². The van der Waals surface area contributed by atoms with Gasteiger partial charge in [0.25, 0.3) is 0 Å². The molecular weight excluding hydrogens is 428 g/mol. The number of hydrogen-bond donors (Lipinski definition) is 3. The molecule has 0 aliphatic carbocycles. The molecule has 1 aromatic rings. The van der Waals surface area contributed by atoms with Crippen molar-refractivity contribution < 1.29 is 39.2 Å². The predicted molar refractivity (Wildman–Crippen MR) is 127 cm³/mol. The van der Waals surface area contributed by atoms with Crippen LogP contribution in [0, 0.1) is 5.41 Å². The van der Waals surface area contributed by atoms with Crippen molar-refractivity contribution in [1.82, 2.24) is 0 Å². The molecule has 0 bridgehead atoms. The topological polar surface area (TPSA) is 138 Å². The molecule has 1 aromatic carbocycles. The first-order chi connectivity index (χ1) is 15.4. The lowest BCUT2D eigenvalue weighted by molar-refractivity contribution is -0.138. The van der Waals surface area contributed by atoms with Crippen LogP contribution in [-0.2, 0) is 14.3 Å². The predicted octanol–water partition coefficient (Wildman–Crippen LogP) is 5.67. The van der Waals surface area contributed by atoms with Crippen molar-refractivity contribution in [2.24, 2.45) is 5.41 Å². The van der Waals surface area contributed by atoms with Crippen LogP contribution < -0.4 is 0 Å². The number of aromatic carboxylic acids is 1. The molecule has 0 saturated heterocycles. The molecule has 0 aromatic heterocycles. The van der Waals surface area contributed by atoms with Gasteiger partial charge in [0.05, 0.1) is 17.7 Å². The third kappa shape index (κ3) is 20.5. The summed E-state index contributed by atoms with van der Waals surface area (Å²) in [7, 11) is 0. The number of ether oxygens (including phenoxy) is 1. The minimum absolute atomic E-state index is 0.0866. The van der Waals surface area contributed by atoms with Crippen LogP contribution in [0.15, 0.2) is 37.4 Å². The molecule has 0 amide bonds. The molecule has 0 radical (unpaired) electrons. The van der Waals surface area contributed by atoms with Gasteiger partial charge in [0, 0.05) is 12.8 Å². The van der Waals surface area contributed by atoms with Gasteiger partial charge in [-0.2, -0.15) is 0 Å². The van der Waals surface area contributed by atoms with Crippen molar-refractivity contribution in [3.8, 4) is 0 Å². The van der Waals surface area contributed by atoms with Gasteiger partial charge in [-0.1, -0.05) is 46.5 Å². The normalized spacial score (nSPS) is 10.0. The van der Waals surface area contributed by atoms with E-state index < -0.39 is 23.9 Å². The van der Waals surface area contributed by atoms with E-state index in [1.54, 1.807) is 0 Å². The molecular formula is C25H38O8. The molecule has 0 saturated carbocycles. The standard InChI is InChI=1S/C13H16O4.C10H18O4.C2H4/c1-13(2,3)8-17-12(16)10-6-4-9(5-7-10)11(14)15;11-9(12)7-5-3-1-2-4-6-8-10(13)14;1-2/h4-7H,8H2,1-3H3,(H,14,15);1-8H2,(H,11,12)(H,13,14);1-2H2. The van der Waals surface area contributed by atoms with Gasteiger partial charge in [-0.05, 0) is 42.5 Å². The fraction of sp³-hybridized carbons (Fsp3) is 0.520. The van der Waals surface area contributed by atoms with E-state index in [0.717, 1.165) is 38.5 Å². The van der Waals surface area contributed by atoms with Crippen LogP contribution in [0.2, 0.25) is 0 Å². The fourth-order valence-corrected chi connectivity index (χ4v) is 2.37. The van der Waals surface area contributed by atoms with Crippen molar-refractivity contribution in [3.63, 3.8) is 0 Å². The van der Waals surface area contributed by atoms with Crippen molar-refractivity contribution in [1.29, 1.82) is 0 Å². The lowest BCUT2D eigenvalue weighted by atomic mass is 9.99. The second-order valence-electron chi connectivity index (χ2n) is 8.43. The first-order valence-electron chi connectivity index (χ1n) is 10.9. The van der Waals surface area contributed by atoms with E-state index in [9.17, 15) is 19.2 Å². The maximum absolute atomic E-state index is 11.6. The number of unbranched alkanes of at least 4 members (excludes halogenated alkanes) is 5. The van der Waals surface area contributed by atoms with Crippen molar-refractivity contribution in [3.05, 3.63) is 48.6 Å². The Morgan fingerprint density at radius 3 is 1.42 bits per heavy atom. The molecule has 3 N–H and O–H groups in total. The van der Waals surface area contributed by atoms with Gasteiger partial charge in [0.15, 0.2) is 0 Å². The average molecular weight is 467 g/mol. The highest BCUT2D eigenvalue weighted by Crippen LogP contribution is 2.14. The summed E-state index contributed by atoms with van der Waals surface area (Å²) in [5.41, 5.74) is 0.424. The van der Waals surface area contributed by atoms with E-state index >= 15 is 0 Å². The number of esters is 1. The third-order valence-corrected chi connectivity index (χ3v) is 4.04. The zero-order valence-electron chi connectivity index (χ0n) is 20.0. The number of carbonyl (C=O) groups excluding carboxylic acids is 1. The molecule has 8 heteroatoms. The van der Waals surface area contributed by atoms with Crippen LogP contribution >= 0.6 is 0 Å². The summed E-state index contributed by atoms with van der Waals surface area (Å²) in [6, 6.07) is 5.68. The van der Waals surface area contributed by atoms with E-state index in [1.165, 1.54) is 24.3 Å². The van der Waals surface area contributed by atoms with E-state index in [-0.39, 0.29) is 23.8 Å². The Morgan fingerprint density at radius 1 is 0.727 bits per heavy atom. The van der Waals surface area contributed by atoms with Crippen LogP contribution in [-0.4, -0.2) is 45.8 Å². The second kappa shape index (κ2) is 18.4. The summed E-state index contributed by atoms with van der Waals surface area (Å²) >= 11 is 0. The number of carbonyl (C=O) groups is 4. The SMILES string of the molecule is C=C.CC(C)(C)COC(=O)c1ccc(C(=O)O)cc1.O=C(O)CCCCCCCCC(=O)O. The van der Waals surface area contributed by atoms with Crippen molar-refractivity contribution in [2.45, 2.75) is 72.1 Å². The number of rotatable bonds is 12. The molecule has 33 heavy (non-hydrogen) atoms. The van der Waals surface area contributed by atoms with Gasteiger partial charge in [0.2, 0.25) is 0 Å². The van der Waals surface area contributed by atoms with Crippen LogP contribution in [0.5, 0.6) is 0 Å². The molecule has 186 valence electrons. The van der Waals surface area contributed by atoms with E-state index in [0.29, 0.717) is 12.2 Å². The first-order valence-corrected chi connectivity index (χ1v) is 10.9. The Labute approximate surface area is 196 Å². The molecule has 0 spiro atoms. The molecule has 0 aliphatic heterocycles.